The number of benzene rings is 3. The van der Waals surface area contributed by atoms with Gasteiger partial charge in [0.05, 0.1) is 5.39 Å². The lowest BCUT2D eigenvalue weighted by molar-refractivity contribution is 0.0951. The van der Waals surface area contributed by atoms with Crippen molar-refractivity contribution in [3.8, 4) is 22.5 Å². The largest absolute Gasteiger partial charge is 0.355 e. The number of rotatable bonds is 5. The summed E-state index contributed by atoms with van der Waals surface area (Å²) < 4.78 is 5.54. The Bertz CT molecular complexity index is 1310. The number of hydrogen-bond donors (Lipinski definition) is 1. The summed E-state index contributed by atoms with van der Waals surface area (Å²) in [5, 5.41) is 12.2. The first-order valence-electron chi connectivity index (χ1n) is 9.63. The van der Waals surface area contributed by atoms with E-state index in [9.17, 15) is 4.79 Å². The summed E-state index contributed by atoms with van der Waals surface area (Å²) in [6.45, 7) is 0.456. The van der Waals surface area contributed by atoms with Crippen molar-refractivity contribution < 1.29 is 9.32 Å². The summed E-state index contributed by atoms with van der Waals surface area (Å²) in [7, 11) is 0. The summed E-state index contributed by atoms with van der Waals surface area (Å²) in [6.07, 6.45) is 0. The Hall–Kier alpha value is -3.70. The monoisotopic (exact) mass is 410 g/mol. The third-order valence-corrected chi connectivity index (χ3v) is 5.75. The highest BCUT2D eigenvalue weighted by Crippen LogP contribution is 2.29. The van der Waals surface area contributed by atoms with Crippen molar-refractivity contribution >= 4 is 28.1 Å². The van der Waals surface area contributed by atoms with Gasteiger partial charge in [-0.2, -0.15) is 11.3 Å². The second-order valence-corrected chi connectivity index (χ2v) is 7.74. The summed E-state index contributed by atoms with van der Waals surface area (Å²) in [6, 6.07) is 25.5. The lowest BCUT2D eigenvalue weighted by Crippen LogP contribution is -2.23. The minimum Gasteiger partial charge on any atom is -0.355 e. The van der Waals surface area contributed by atoms with E-state index in [-0.39, 0.29) is 5.91 Å². The molecule has 0 radical (unpaired) electrons. The Kier molecular flexibility index (Phi) is 4.87. The van der Waals surface area contributed by atoms with Gasteiger partial charge in [-0.15, -0.1) is 0 Å². The lowest BCUT2D eigenvalue weighted by atomic mass is 10.0. The van der Waals surface area contributed by atoms with E-state index in [1.165, 1.54) is 5.56 Å². The highest BCUT2D eigenvalue weighted by Gasteiger charge is 2.14. The normalized spacial score (nSPS) is 10.9. The van der Waals surface area contributed by atoms with Crippen LogP contribution in [0.25, 0.3) is 33.4 Å². The molecule has 0 bridgehead atoms. The first-order valence-corrected chi connectivity index (χ1v) is 10.6. The van der Waals surface area contributed by atoms with Crippen LogP contribution in [0, 0.1) is 0 Å². The van der Waals surface area contributed by atoms with Gasteiger partial charge in [0, 0.05) is 17.7 Å². The zero-order chi connectivity index (χ0) is 20.3. The van der Waals surface area contributed by atoms with E-state index in [2.05, 4.69) is 33.4 Å². The number of carbonyl (C=O) groups is 1. The summed E-state index contributed by atoms with van der Waals surface area (Å²) >= 11 is 1.66. The van der Waals surface area contributed by atoms with Gasteiger partial charge in [0.15, 0.2) is 5.76 Å². The van der Waals surface area contributed by atoms with Crippen LogP contribution < -0.4 is 5.32 Å². The van der Waals surface area contributed by atoms with Gasteiger partial charge in [-0.25, -0.2) is 0 Å². The van der Waals surface area contributed by atoms with E-state index in [4.69, 9.17) is 4.52 Å². The fourth-order valence-electron chi connectivity index (χ4n) is 3.53. The van der Waals surface area contributed by atoms with E-state index in [0.717, 1.165) is 27.6 Å². The minimum atomic E-state index is -0.128. The molecule has 5 heteroatoms. The number of hydrogen-bond acceptors (Lipinski definition) is 4. The minimum absolute atomic E-state index is 0.128. The molecule has 4 nitrogen and oxygen atoms in total. The molecule has 30 heavy (non-hydrogen) atoms. The molecular formula is C25H18N2O2S. The van der Waals surface area contributed by atoms with Crippen molar-refractivity contribution in [3.63, 3.8) is 0 Å². The number of thiophene rings is 1. The molecule has 5 rings (SSSR count). The predicted octanol–water partition coefficient (Wildman–Crippen LogP) is 6.15. The maximum atomic E-state index is 12.9. The number of fused-ring (bicyclic) bond motifs is 1. The van der Waals surface area contributed by atoms with Crippen LogP contribution in [-0.4, -0.2) is 11.1 Å². The van der Waals surface area contributed by atoms with Crippen molar-refractivity contribution in [2.24, 2.45) is 0 Å². The fraction of sp³-hybridized carbons (Fsp3) is 0.0400. The Morgan fingerprint density at radius 3 is 2.60 bits per heavy atom. The molecule has 5 aromatic rings. The molecule has 1 N–H and O–H groups in total. The average molecular weight is 410 g/mol. The van der Waals surface area contributed by atoms with Gasteiger partial charge in [-0.05, 0) is 51.7 Å². The Balaban J connectivity index is 1.40. The van der Waals surface area contributed by atoms with Crippen LogP contribution in [-0.2, 0) is 6.54 Å². The lowest BCUT2D eigenvalue weighted by Gasteiger charge is -2.10. The molecule has 0 aliphatic carbocycles. The molecular weight excluding hydrogens is 392 g/mol. The highest BCUT2D eigenvalue weighted by molar-refractivity contribution is 7.08. The number of nitrogens with one attached hydrogen (secondary N) is 1. The van der Waals surface area contributed by atoms with E-state index in [1.54, 1.807) is 17.4 Å². The van der Waals surface area contributed by atoms with Crippen molar-refractivity contribution in [2.45, 2.75) is 6.54 Å². The van der Waals surface area contributed by atoms with Gasteiger partial charge >= 0.3 is 0 Å². The first-order chi connectivity index (χ1) is 14.8. The van der Waals surface area contributed by atoms with Crippen LogP contribution in [0.15, 0.2) is 94.1 Å². The predicted molar refractivity (Wildman–Crippen MR) is 120 cm³/mol. The van der Waals surface area contributed by atoms with Crippen molar-refractivity contribution in [2.75, 3.05) is 0 Å². The van der Waals surface area contributed by atoms with Crippen molar-refractivity contribution in [1.29, 1.82) is 0 Å². The number of amides is 1. The molecule has 0 aliphatic rings. The maximum Gasteiger partial charge on any atom is 0.251 e. The molecule has 1 amide bonds. The maximum absolute atomic E-state index is 12.9. The summed E-state index contributed by atoms with van der Waals surface area (Å²) in [5.74, 6) is 0.542. The number of nitrogens with zero attached hydrogens (tertiary/aromatic N) is 1. The standard InChI is InChI=1S/C25H18N2O2S/c28-25(26-15-19-8-4-5-9-21(19)20-12-13-30-16-20)18-10-11-23-22(14-18)24(29-27-23)17-6-2-1-3-7-17/h1-14,16H,15H2,(H,26,28). The second kappa shape index (κ2) is 7.97. The van der Waals surface area contributed by atoms with Crippen molar-refractivity contribution in [3.05, 3.63) is 101 Å². The first kappa shape index (κ1) is 18.3. The van der Waals surface area contributed by atoms with Gasteiger partial charge in [0.2, 0.25) is 0 Å². The SMILES string of the molecule is O=C(NCc1ccccc1-c1ccsc1)c1ccc2noc(-c3ccccc3)c2c1. The molecule has 0 atom stereocenters. The Labute approximate surface area is 177 Å². The van der Waals surface area contributed by atoms with E-state index >= 15 is 0 Å². The molecule has 2 heterocycles. The van der Waals surface area contributed by atoms with Gasteiger partial charge < -0.3 is 9.84 Å². The zero-order valence-electron chi connectivity index (χ0n) is 16.0. The topological polar surface area (TPSA) is 55.1 Å². The zero-order valence-corrected chi connectivity index (χ0v) is 16.9. The quantitative estimate of drug-likeness (QED) is 0.378. The third-order valence-electron chi connectivity index (χ3n) is 5.06. The van der Waals surface area contributed by atoms with Crippen molar-refractivity contribution in [1.82, 2.24) is 10.5 Å². The smallest absolute Gasteiger partial charge is 0.251 e. The van der Waals surface area contributed by atoms with E-state index in [1.807, 2.05) is 60.7 Å². The molecule has 0 saturated heterocycles. The van der Waals surface area contributed by atoms with Crippen LogP contribution in [0.1, 0.15) is 15.9 Å². The van der Waals surface area contributed by atoms with Crippen LogP contribution in [0.3, 0.4) is 0 Å². The Morgan fingerprint density at radius 2 is 1.77 bits per heavy atom. The van der Waals surface area contributed by atoms with Gasteiger partial charge in [-0.3, -0.25) is 4.79 Å². The molecule has 0 saturated carbocycles. The van der Waals surface area contributed by atoms with Gasteiger partial charge in [0.25, 0.3) is 5.91 Å². The molecule has 0 spiro atoms. The van der Waals surface area contributed by atoms with E-state index in [0.29, 0.717) is 17.9 Å². The molecule has 0 fully saturated rings. The average Bonchev–Trinajstić information content (AvgIpc) is 3.48. The van der Waals surface area contributed by atoms with Crippen LogP contribution in [0.4, 0.5) is 0 Å². The van der Waals surface area contributed by atoms with Gasteiger partial charge in [0.1, 0.15) is 5.52 Å². The summed E-state index contributed by atoms with van der Waals surface area (Å²) in [4.78, 5) is 12.9. The number of carbonyl (C=O) groups excluding carboxylic acids is 1. The van der Waals surface area contributed by atoms with Gasteiger partial charge in [-0.1, -0.05) is 59.8 Å². The molecule has 146 valence electrons. The Morgan fingerprint density at radius 1 is 0.933 bits per heavy atom. The number of aromatic nitrogens is 1. The molecule has 0 aliphatic heterocycles. The van der Waals surface area contributed by atoms with E-state index < -0.39 is 0 Å². The van der Waals surface area contributed by atoms with Crippen LogP contribution in [0.5, 0.6) is 0 Å². The summed E-state index contributed by atoms with van der Waals surface area (Å²) in [5.41, 5.74) is 5.63. The highest BCUT2D eigenvalue weighted by atomic mass is 32.1. The molecule has 3 aromatic carbocycles. The second-order valence-electron chi connectivity index (χ2n) is 6.96. The fourth-order valence-corrected chi connectivity index (χ4v) is 4.19. The van der Waals surface area contributed by atoms with Crippen LogP contribution in [0.2, 0.25) is 0 Å². The molecule has 2 aromatic heterocycles. The third kappa shape index (κ3) is 3.51. The van der Waals surface area contributed by atoms with Crippen LogP contribution >= 0.6 is 11.3 Å². The molecule has 0 unspecified atom stereocenters.